The zero-order valence-electron chi connectivity index (χ0n) is 8.23. The highest BCUT2D eigenvalue weighted by Gasteiger charge is 2.28. The Morgan fingerprint density at radius 2 is 1.79 bits per heavy atom. The molecule has 0 radical (unpaired) electrons. The van der Waals surface area contributed by atoms with Crippen molar-refractivity contribution >= 4 is 0 Å². The van der Waals surface area contributed by atoms with Gasteiger partial charge in [-0.3, -0.25) is 5.73 Å². The van der Waals surface area contributed by atoms with Crippen LogP contribution in [-0.4, -0.2) is 15.3 Å². The highest BCUT2D eigenvalue weighted by Crippen LogP contribution is 2.31. The molecule has 1 rings (SSSR count). The van der Waals surface area contributed by atoms with Crippen LogP contribution in [0.2, 0.25) is 0 Å². The fourth-order valence-electron chi connectivity index (χ4n) is 1.11. The first-order chi connectivity index (χ1) is 6.35. The fourth-order valence-corrected chi connectivity index (χ4v) is 1.11. The summed E-state index contributed by atoms with van der Waals surface area (Å²) in [5.74, 6) is -0.702. The molecule has 0 aromatic heterocycles. The van der Waals surface area contributed by atoms with Crippen molar-refractivity contribution in [3.8, 4) is 11.5 Å². The summed E-state index contributed by atoms with van der Waals surface area (Å²) in [5.41, 5.74) is 4.55. The zero-order valence-corrected chi connectivity index (χ0v) is 8.23. The van der Waals surface area contributed by atoms with Crippen LogP contribution >= 0.6 is 0 Å². The largest absolute Gasteiger partial charge is 0.504 e. The van der Waals surface area contributed by atoms with Crippen molar-refractivity contribution in [3.05, 3.63) is 23.8 Å². The molecule has 0 amide bonds. The van der Waals surface area contributed by atoms with Gasteiger partial charge < -0.3 is 15.3 Å². The van der Waals surface area contributed by atoms with Gasteiger partial charge in [-0.2, -0.15) is 0 Å². The molecule has 1 atom stereocenters. The number of benzene rings is 1. The van der Waals surface area contributed by atoms with E-state index in [9.17, 15) is 10.2 Å². The molecule has 0 saturated carbocycles. The number of aliphatic hydroxyl groups is 1. The van der Waals surface area contributed by atoms with Crippen LogP contribution < -0.4 is 5.73 Å². The van der Waals surface area contributed by atoms with Crippen molar-refractivity contribution in [1.82, 2.24) is 0 Å². The van der Waals surface area contributed by atoms with Crippen LogP contribution in [0.1, 0.15) is 19.4 Å². The Balaban J connectivity index is 3.14. The minimum Gasteiger partial charge on any atom is -0.504 e. The van der Waals surface area contributed by atoms with Gasteiger partial charge in [0.05, 0.1) is 0 Å². The van der Waals surface area contributed by atoms with E-state index in [1.165, 1.54) is 18.2 Å². The van der Waals surface area contributed by atoms with E-state index in [2.05, 4.69) is 0 Å². The summed E-state index contributed by atoms with van der Waals surface area (Å²) in [6, 6.07) is 4.04. The second-order valence-electron chi connectivity index (χ2n) is 3.68. The van der Waals surface area contributed by atoms with E-state index in [1.807, 2.05) is 0 Å². The van der Waals surface area contributed by atoms with Crippen LogP contribution in [-0.2, 0) is 5.72 Å². The monoisotopic (exact) mass is 197 g/mol. The zero-order chi connectivity index (χ0) is 10.9. The van der Waals surface area contributed by atoms with Crippen LogP contribution in [0.25, 0.3) is 0 Å². The molecule has 0 saturated heterocycles. The number of hydrogen-bond donors (Lipinski definition) is 4. The highest BCUT2D eigenvalue weighted by molar-refractivity contribution is 5.42. The van der Waals surface area contributed by atoms with Gasteiger partial charge in [0.2, 0.25) is 0 Å². The predicted molar refractivity (Wildman–Crippen MR) is 52.7 cm³/mol. The number of phenolic OH excluding ortho intramolecular Hbond substituents is 2. The van der Waals surface area contributed by atoms with Crippen molar-refractivity contribution in [2.24, 2.45) is 11.7 Å². The maximum Gasteiger partial charge on any atom is 0.157 e. The Labute approximate surface area is 82.6 Å². The molecule has 0 heterocycles. The van der Waals surface area contributed by atoms with Crippen LogP contribution in [0.15, 0.2) is 18.2 Å². The second-order valence-corrected chi connectivity index (χ2v) is 3.68. The lowest BCUT2D eigenvalue weighted by atomic mass is 9.92. The van der Waals surface area contributed by atoms with E-state index in [1.54, 1.807) is 13.8 Å². The summed E-state index contributed by atoms with van der Waals surface area (Å²) in [7, 11) is 0. The number of aromatic hydroxyl groups is 2. The number of hydrogen-bond acceptors (Lipinski definition) is 4. The summed E-state index contributed by atoms with van der Waals surface area (Å²) in [6.45, 7) is 3.54. The maximum absolute atomic E-state index is 9.86. The molecule has 78 valence electrons. The number of phenols is 2. The van der Waals surface area contributed by atoms with Gasteiger partial charge in [0.15, 0.2) is 11.5 Å². The van der Waals surface area contributed by atoms with Crippen molar-refractivity contribution in [2.45, 2.75) is 19.6 Å². The molecule has 0 fully saturated rings. The Morgan fingerprint density at radius 3 is 2.21 bits per heavy atom. The molecule has 14 heavy (non-hydrogen) atoms. The standard InChI is InChI=1S/C10H15NO3/c1-6(2)10(11,14)7-3-4-8(12)9(13)5-7/h3-6,12-14H,11H2,1-2H3. The summed E-state index contributed by atoms with van der Waals surface area (Å²) < 4.78 is 0. The van der Waals surface area contributed by atoms with Gasteiger partial charge in [0.1, 0.15) is 5.72 Å². The minimum absolute atomic E-state index is 0.188. The maximum atomic E-state index is 9.86. The summed E-state index contributed by atoms with van der Waals surface area (Å²) in [4.78, 5) is 0. The average molecular weight is 197 g/mol. The molecule has 0 spiro atoms. The normalized spacial score (nSPS) is 15.5. The Hall–Kier alpha value is -1.26. The van der Waals surface area contributed by atoms with E-state index in [0.717, 1.165) is 0 Å². The molecule has 0 bridgehead atoms. The van der Waals surface area contributed by atoms with Gasteiger partial charge in [-0.15, -0.1) is 0 Å². The van der Waals surface area contributed by atoms with Gasteiger partial charge in [-0.25, -0.2) is 0 Å². The molecule has 0 aliphatic heterocycles. The van der Waals surface area contributed by atoms with Crippen molar-refractivity contribution < 1.29 is 15.3 Å². The molecule has 4 nitrogen and oxygen atoms in total. The highest BCUT2D eigenvalue weighted by atomic mass is 16.3. The second kappa shape index (κ2) is 3.48. The molecule has 5 N–H and O–H groups in total. The van der Waals surface area contributed by atoms with E-state index in [0.29, 0.717) is 5.56 Å². The van der Waals surface area contributed by atoms with Gasteiger partial charge >= 0.3 is 0 Å². The van der Waals surface area contributed by atoms with E-state index in [4.69, 9.17) is 10.8 Å². The molecule has 0 aliphatic rings. The van der Waals surface area contributed by atoms with Gasteiger partial charge in [-0.05, 0) is 18.1 Å². The third-order valence-corrected chi connectivity index (χ3v) is 2.32. The average Bonchev–Trinajstić information content (AvgIpc) is 2.09. The Kier molecular flexibility index (Phi) is 2.69. The number of nitrogens with two attached hydrogens (primary N) is 1. The van der Waals surface area contributed by atoms with Gasteiger partial charge in [-0.1, -0.05) is 19.9 Å². The van der Waals surface area contributed by atoms with E-state index >= 15 is 0 Å². The summed E-state index contributed by atoms with van der Waals surface area (Å²) in [6.07, 6.45) is 0. The lowest BCUT2D eigenvalue weighted by Gasteiger charge is -2.28. The van der Waals surface area contributed by atoms with Gasteiger partial charge in [0.25, 0.3) is 0 Å². The summed E-state index contributed by atoms with van der Waals surface area (Å²) in [5, 5.41) is 28.2. The third kappa shape index (κ3) is 1.81. The first-order valence-corrected chi connectivity index (χ1v) is 4.39. The smallest absolute Gasteiger partial charge is 0.157 e. The van der Waals surface area contributed by atoms with E-state index < -0.39 is 5.72 Å². The molecule has 4 heteroatoms. The van der Waals surface area contributed by atoms with Crippen LogP contribution in [0.3, 0.4) is 0 Å². The Bertz CT molecular complexity index is 334. The molecular formula is C10H15NO3. The first kappa shape index (κ1) is 10.8. The lowest BCUT2D eigenvalue weighted by Crippen LogP contribution is -2.41. The van der Waals surface area contributed by atoms with Gasteiger partial charge in [0, 0.05) is 5.56 Å². The van der Waals surface area contributed by atoms with E-state index in [-0.39, 0.29) is 17.4 Å². The SMILES string of the molecule is CC(C)C(N)(O)c1ccc(O)c(O)c1. The topological polar surface area (TPSA) is 86.7 Å². The molecule has 1 unspecified atom stereocenters. The quantitative estimate of drug-likeness (QED) is 0.418. The predicted octanol–water partition coefficient (Wildman–Crippen LogP) is 0.858. The Morgan fingerprint density at radius 1 is 1.21 bits per heavy atom. The lowest BCUT2D eigenvalue weighted by molar-refractivity contribution is -0.00415. The third-order valence-electron chi connectivity index (χ3n) is 2.32. The first-order valence-electron chi connectivity index (χ1n) is 4.39. The number of rotatable bonds is 2. The van der Waals surface area contributed by atoms with Crippen molar-refractivity contribution in [1.29, 1.82) is 0 Å². The van der Waals surface area contributed by atoms with Crippen LogP contribution in [0.4, 0.5) is 0 Å². The minimum atomic E-state index is -1.49. The molecule has 1 aromatic rings. The van der Waals surface area contributed by atoms with Crippen LogP contribution in [0.5, 0.6) is 11.5 Å². The van der Waals surface area contributed by atoms with Crippen molar-refractivity contribution in [2.75, 3.05) is 0 Å². The fraction of sp³-hybridized carbons (Fsp3) is 0.400. The van der Waals surface area contributed by atoms with Crippen LogP contribution in [0, 0.1) is 5.92 Å². The molecule has 0 aliphatic carbocycles. The summed E-state index contributed by atoms with van der Waals surface area (Å²) >= 11 is 0. The molecule has 1 aromatic carbocycles. The molecular weight excluding hydrogens is 182 g/mol. The van der Waals surface area contributed by atoms with Crippen molar-refractivity contribution in [3.63, 3.8) is 0 Å².